The highest BCUT2D eigenvalue weighted by atomic mass is 35.5. The van der Waals surface area contributed by atoms with Crippen LogP contribution in [0.2, 0.25) is 5.02 Å². The van der Waals surface area contributed by atoms with Crippen LogP contribution < -0.4 is 15.0 Å². The Morgan fingerprint density at radius 2 is 1.92 bits per heavy atom. The summed E-state index contributed by atoms with van der Waals surface area (Å²) in [5.41, 5.74) is -0.351. The van der Waals surface area contributed by atoms with Crippen LogP contribution in [0.25, 0.3) is 0 Å². The van der Waals surface area contributed by atoms with Crippen LogP contribution in [0.5, 0.6) is 5.75 Å². The van der Waals surface area contributed by atoms with Crippen molar-refractivity contribution in [3.05, 3.63) is 52.4 Å². The Kier molecular flexibility index (Phi) is 6.98. The molecule has 1 N–H and O–H groups in total. The first kappa shape index (κ1) is 25.9. The molecule has 9 heteroatoms. The van der Waals surface area contributed by atoms with Crippen molar-refractivity contribution in [2.45, 2.75) is 52.7 Å². The molecule has 1 saturated heterocycles. The van der Waals surface area contributed by atoms with Gasteiger partial charge in [0.1, 0.15) is 24.2 Å². The molecule has 1 aliphatic heterocycles. The average Bonchev–Trinajstić information content (AvgIpc) is 2.85. The Hall–Kier alpha value is -3.18. The molecule has 1 aliphatic carbocycles. The molecule has 7 nitrogen and oxygen atoms in total. The Balaban J connectivity index is 1.44. The number of ether oxygens (including phenoxy) is 1. The molecular weight excluding hydrogens is 483 g/mol. The summed E-state index contributed by atoms with van der Waals surface area (Å²) < 4.78 is 21.1. The minimum absolute atomic E-state index is 0.00486. The smallest absolute Gasteiger partial charge is 0.253 e. The van der Waals surface area contributed by atoms with E-state index in [0.717, 1.165) is 6.29 Å². The predicted octanol–water partition coefficient (Wildman–Crippen LogP) is 4.77. The summed E-state index contributed by atoms with van der Waals surface area (Å²) in [7, 11) is 0. The molecule has 0 atom stereocenters. The first-order chi connectivity index (χ1) is 17.0. The largest absolute Gasteiger partial charge is 0.489 e. The fourth-order valence-corrected chi connectivity index (χ4v) is 6.06. The van der Waals surface area contributed by atoms with E-state index < -0.39 is 22.6 Å². The van der Waals surface area contributed by atoms with E-state index >= 15 is 0 Å². The number of carbonyl (C=O) groups is 2. The molecule has 0 unspecified atom stereocenters. The van der Waals surface area contributed by atoms with Gasteiger partial charge in [0.15, 0.2) is 11.6 Å². The highest BCUT2D eigenvalue weighted by molar-refractivity contribution is 6.31. The predicted molar refractivity (Wildman–Crippen MR) is 135 cm³/mol. The number of halogens is 2. The molecule has 0 spiro atoms. The van der Waals surface area contributed by atoms with Crippen molar-refractivity contribution in [3.8, 4) is 11.8 Å². The number of hydrogen-bond acceptors (Lipinski definition) is 6. The van der Waals surface area contributed by atoms with Crippen molar-refractivity contribution < 1.29 is 18.7 Å². The summed E-state index contributed by atoms with van der Waals surface area (Å²) in [4.78, 5) is 30.1. The van der Waals surface area contributed by atoms with E-state index in [1.165, 1.54) is 12.3 Å². The number of piperidine rings is 1. The summed E-state index contributed by atoms with van der Waals surface area (Å²) in [5, 5.41) is 12.5. The zero-order valence-electron chi connectivity index (χ0n) is 20.8. The van der Waals surface area contributed by atoms with Gasteiger partial charge in [-0.05, 0) is 31.0 Å². The third-order valence-corrected chi connectivity index (χ3v) is 7.86. The highest BCUT2D eigenvalue weighted by Crippen LogP contribution is 2.55. The third kappa shape index (κ3) is 4.64. The van der Waals surface area contributed by atoms with E-state index in [1.54, 1.807) is 18.2 Å². The molecule has 2 aromatic rings. The zero-order valence-corrected chi connectivity index (χ0v) is 21.6. The maximum Gasteiger partial charge on any atom is 0.253 e. The average molecular weight is 513 g/mol. The number of nitrogens with one attached hydrogen (secondary N) is 1. The van der Waals surface area contributed by atoms with Crippen LogP contribution in [0.4, 0.5) is 10.2 Å². The standard InChI is InChI=1S/C27H30ClFN4O3/c1-26(2)24(27(3,4)25(26)36-19-6-5-17(13-30)20(28)12-19)32-23(35)18-11-21(29)22(31-14-18)33-9-7-16(15-34)8-10-33/h5-6,11-12,14-16,24-25H,7-10H2,1-4H3,(H,32,35). The van der Waals surface area contributed by atoms with Crippen molar-refractivity contribution in [2.24, 2.45) is 16.7 Å². The van der Waals surface area contributed by atoms with E-state index in [0.29, 0.717) is 42.3 Å². The number of amides is 1. The van der Waals surface area contributed by atoms with Crippen molar-refractivity contribution >= 4 is 29.6 Å². The third-order valence-electron chi connectivity index (χ3n) is 7.55. The van der Waals surface area contributed by atoms with Gasteiger partial charge < -0.3 is 19.7 Å². The fraction of sp³-hybridized carbons (Fsp3) is 0.481. The second kappa shape index (κ2) is 9.70. The van der Waals surface area contributed by atoms with Crippen LogP contribution in [-0.2, 0) is 4.79 Å². The van der Waals surface area contributed by atoms with Gasteiger partial charge in [-0.15, -0.1) is 0 Å². The zero-order chi connectivity index (χ0) is 26.3. The Labute approximate surface area is 215 Å². The van der Waals surface area contributed by atoms with Crippen LogP contribution in [0, 0.1) is 33.9 Å². The van der Waals surface area contributed by atoms with Gasteiger partial charge in [0, 0.05) is 48.1 Å². The van der Waals surface area contributed by atoms with Gasteiger partial charge in [0.25, 0.3) is 5.91 Å². The maximum absolute atomic E-state index is 14.9. The highest BCUT2D eigenvalue weighted by Gasteiger charge is 2.64. The lowest BCUT2D eigenvalue weighted by atomic mass is 9.49. The Morgan fingerprint density at radius 1 is 1.25 bits per heavy atom. The lowest BCUT2D eigenvalue weighted by Gasteiger charge is -2.63. The van der Waals surface area contributed by atoms with E-state index in [-0.39, 0.29) is 29.4 Å². The Bertz CT molecular complexity index is 1200. The van der Waals surface area contributed by atoms with E-state index in [1.807, 2.05) is 38.7 Å². The molecule has 1 aromatic heterocycles. The maximum atomic E-state index is 14.9. The second-order valence-corrected chi connectivity index (χ2v) is 11.2. The molecule has 2 aliphatic rings. The fourth-order valence-electron chi connectivity index (χ4n) is 5.85. The van der Waals surface area contributed by atoms with Gasteiger partial charge in [-0.1, -0.05) is 39.3 Å². The number of hydrogen-bond donors (Lipinski definition) is 1. The molecule has 36 heavy (non-hydrogen) atoms. The normalized spacial score (nSPS) is 22.8. The summed E-state index contributed by atoms with van der Waals surface area (Å²) in [6.07, 6.45) is 3.43. The van der Waals surface area contributed by atoms with Crippen LogP contribution in [0.1, 0.15) is 56.5 Å². The lowest BCUT2D eigenvalue weighted by molar-refractivity contribution is -0.164. The number of anilines is 1. The van der Waals surface area contributed by atoms with Crippen LogP contribution in [-0.4, -0.2) is 42.4 Å². The lowest BCUT2D eigenvalue weighted by Crippen LogP contribution is -2.74. The van der Waals surface area contributed by atoms with Crippen LogP contribution in [0.3, 0.4) is 0 Å². The molecule has 1 saturated carbocycles. The first-order valence-electron chi connectivity index (χ1n) is 12.0. The molecule has 2 fully saturated rings. The van der Waals surface area contributed by atoms with Gasteiger partial charge in [0.05, 0.1) is 16.1 Å². The van der Waals surface area contributed by atoms with E-state index in [4.69, 9.17) is 21.6 Å². The number of aldehydes is 1. The Morgan fingerprint density at radius 3 is 2.47 bits per heavy atom. The summed E-state index contributed by atoms with van der Waals surface area (Å²) in [5.74, 6) is -0.203. The quantitative estimate of drug-likeness (QED) is 0.560. The van der Waals surface area contributed by atoms with Gasteiger partial charge >= 0.3 is 0 Å². The van der Waals surface area contributed by atoms with Crippen molar-refractivity contribution in [3.63, 3.8) is 0 Å². The number of carbonyl (C=O) groups excluding carboxylic acids is 2. The minimum atomic E-state index is -0.557. The van der Waals surface area contributed by atoms with Gasteiger partial charge in [-0.3, -0.25) is 4.79 Å². The van der Waals surface area contributed by atoms with E-state index in [9.17, 15) is 14.0 Å². The number of nitriles is 1. The first-order valence-corrected chi connectivity index (χ1v) is 12.4. The van der Waals surface area contributed by atoms with Gasteiger partial charge in [-0.2, -0.15) is 5.26 Å². The molecule has 4 rings (SSSR count). The second-order valence-electron chi connectivity index (χ2n) is 10.8. The van der Waals surface area contributed by atoms with Crippen LogP contribution in [0.15, 0.2) is 30.5 Å². The monoisotopic (exact) mass is 512 g/mol. The van der Waals surface area contributed by atoms with Crippen molar-refractivity contribution in [1.29, 1.82) is 5.26 Å². The summed E-state index contributed by atoms with van der Waals surface area (Å²) in [6.45, 7) is 9.12. The molecular formula is C27H30ClFN4O3. The van der Waals surface area contributed by atoms with Gasteiger partial charge in [-0.25, -0.2) is 9.37 Å². The molecule has 1 amide bonds. The molecule has 1 aromatic carbocycles. The summed E-state index contributed by atoms with van der Waals surface area (Å²) in [6, 6.07) is 7.94. The number of benzene rings is 1. The topological polar surface area (TPSA) is 95.3 Å². The molecule has 2 heterocycles. The molecule has 190 valence electrons. The minimum Gasteiger partial charge on any atom is -0.489 e. The number of rotatable bonds is 6. The van der Waals surface area contributed by atoms with Crippen molar-refractivity contribution in [1.82, 2.24) is 10.3 Å². The van der Waals surface area contributed by atoms with Gasteiger partial charge in [0.2, 0.25) is 0 Å². The van der Waals surface area contributed by atoms with E-state index in [2.05, 4.69) is 10.3 Å². The summed E-state index contributed by atoms with van der Waals surface area (Å²) >= 11 is 6.16. The number of aromatic nitrogens is 1. The van der Waals surface area contributed by atoms with Crippen molar-refractivity contribution in [2.75, 3.05) is 18.0 Å². The SMILES string of the molecule is CC1(C)C(NC(=O)c2cnc(N3CCC(C=O)CC3)c(F)c2)C(C)(C)C1Oc1ccc(C#N)c(Cl)c1. The number of nitrogens with zero attached hydrogens (tertiary/aromatic N) is 3. The molecule has 0 radical (unpaired) electrons. The molecule has 0 bridgehead atoms. The van der Waals surface area contributed by atoms with Crippen LogP contribution >= 0.6 is 11.6 Å². The number of pyridine rings is 1.